The van der Waals surface area contributed by atoms with Crippen LogP contribution < -0.4 is 5.32 Å². The molecule has 1 aromatic carbocycles. The number of pyridine rings is 1. The number of hydrogen-bond acceptors (Lipinski definition) is 2. The smallest absolute Gasteiger partial charge is 0.0704 e. The summed E-state index contributed by atoms with van der Waals surface area (Å²) in [5, 5.41) is 4.78. The van der Waals surface area contributed by atoms with Gasteiger partial charge in [0.05, 0.1) is 5.52 Å². The van der Waals surface area contributed by atoms with Crippen molar-refractivity contribution in [1.82, 2.24) is 10.3 Å². The van der Waals surface area contributed by atoms with Crippen LogP contribution in [0, 0.1) is 11.8 Å². The molecule has 1 aliphatic heterocycles. The first-order chi connectivity index (χ1) is 10.4. The molecule has 21 heavy (non-hydrogen) atoms. The van der Waals surface area contributed by atoms with Gasteiger partial charge in [-0.25, -0.2) is 0 Å². The number of hydrogen-bond donors (Lipinski definition) is 1. The fraction of sp³-hybridized carbons (Fsp3) is 0.421. The summed E-state index contributed by atoms with van der Waals surface area (Å²) in [5.74, 6) is 1.45. The molecule has 0 unspecified atom stereocenters. The van der Waals surface area contributed by atoms with Gasteiger partial charge in [0.2, 0.25) is 0 Å². The van der Waals surface area contributed by atoms with Crippen LogP contribution in [0.15, 0.2) is 49.2 Å². The van der Waals surface area contributed by atoms with Crippen molar-refractivity contribution in [2.45, 2.75) is 25.7 Å². The highest BCUT2D eigenvalue weighted by molar-refractivity contribution is 5.81. The summed E-state index contributed by atoms with van der Waals surface area (Å²) < 4.78 is 0. The molecule has 0 saturated carbocycles. The van der Waals surface area contributed by atoms with Gasteiger partial charge in [-0.05, 0) is 61.8 Å². The van der Waals surface area contributed by atoms with Crippen LogP contribution in [0.4, 0.5) is 0 Å². The Hall–Kier alpha value is -1.67. The molecule has 1 N–H and O–H groups in total. The summed E-state index contributed by atoms with van der Waals surface area (Å²) in [6.07, 6.45) is 9.07. The van der Waals surface area contributed by atoms with Gasteiger partial charge in [-0.1, -0.05) is 24.3 Å². The zero-order valence-electron chi connectivity index (χ0n) is 12.6. The summed E-state index contributed by atoms with van der Waals surface area (Å²) in [6.45, 7) is 6.26. The summed E-state index contributed by atoms with van der Waals surface area (Å²) in [5.41, 5.74) is 2.55. The number of aryl methyl sites for hydroxylation is 1. The highest BCUT2D eigenvalue weighted by Crippen LogP contribution is 2.26. The molecule has 0 radical (unpaired) electrons. The summed E-state index contributed by atoms with van der Waals surface area (Å²) in [6, 6.07) is 10.6. The van der Waals surface area contributed by atoms with Gasteiger partial charge in [0.1, 0.15) is 0 Å². The lowest BCUT2D eigenvalue weighted by Gasteiger charge is -2.30. The molecule has 1 aromatic heterocycles. The maximum Gasteiger partial charge on any atom is 0.0704 e. The number of fused-ring (bicyclic) bond motifs is 1. The largest absolute Gasteiger partial charge is 0.316 e. The number of nitrogens with zero attached hydrogens (tertiary/aromatic N) is 1. The van der Waals surface area contributed by atoms with Crippen LogP contribution in [0.25, 0.3) is 10.9 Å². The Bertz CT molecular complexity index is 600. The summed E-state index contributed by atoms with van der Waals surface area (Å²) >= 11 is 0. The van der Waals surface area contributed by atoms with Crippen LogP contribution >= 0.6 is 0 Å². The van der Waals surface area contributed by atoms with Crippen molar-refractivity contribution in [2.24, 2.45) is 11.8 Å². The van der Waals surface area contributed by atoms with Crippen molar-refractivity contribution in [1.29, 1.82) is 0 Å². The number of piperidine rings is 1. The van der Waals surface area contributed by atoms with Gasteiger partial charge in [-0.15, -0.1) is 6.58 Å². The molecule has 110 valence electrons. The molecule has 1 fully saturated rings. The maximum absolute atomic E-state index is 4.44. The van der Waals surface area contributed by atoms with Gasteiger partial charge in [0.25, 0.3) is 0 Å². The predicted octanol–water partition coefficient (Wildman–Crippen LogP) is 3.97. The molecule has 2 heteroatoms. The van der Waals surface area contributed by atoms with Crippen molar-refractivity contribution in [3.8, 4) is 0 Å². The highest BCUT2D eigenvalue weighted by atomic mass is 14.9. The Balaban J connectivity index is 1.63. The van der Waals surface area contributed by atoms with E-state index in [2.05, 4.69) is 53.3 Å². The number of aromatic nitrogens is 1. The van der Waals surface area contributed by atoms with Gasteiger partial charge in [-0.2, -0.15) is 0 Å². The van der Waals surface area contributed by atoms with E-state index in [1.165, 1.54) is 30.2 Å². The van der Waals surface area contributed by atoms with Gasteiger partial charge in [-0.3, -0.25) is 4.98 Å². The normalized spacial score (nSPS) is 22.3. The summed E-state index contributed by atoms with van der Waals surface area (Å²) in [4.78, 5) is 4.44. The predicted molar refractivity (Wildman–Crippen MR) is 89.3 cm³/mol. The standard InChI is InChI=1S/C19H24N2/c1-2-15-14-20-12-10-16(15)6-5-7-17-11-13-21-19-9-4-3-8-18(17)19/h2-4,8-9,11,13,15-16,20H,1,5-7,10,12,14H2/t15-,16+/m0/s1. The minimum atomic E-state index is 0.646. The van der Waals surface area contributed by atoms with Gasteiger partial charge >= 0.3 is 0 Å². The first-order valence-corrected chi connectivity index (χ1v) is 8.04. The van der Waals surface area contributed by atoms with Crippen LogP contribution in [0.3, 0.4) is 0 Å². The zero-order chi connectivity index (χ0) is 14.5. The van der Waals surface area contributed by atoms with E-state index in [1.807, 2.05) is 6.20 Å². The monoisotopic (exact) mass is 280 g/mol. The SMILES string of the molecule is C=C[C@H]1CNCC[C@H]1CCCc1ccnc2ccccc12. The lowest BCUT2D eigenvalue weighted by molar-refractivity contribution is 0.280. The minimum absolute atomic E-state index is 0.646. The lowest BCUT2D eigenvalue weighted by atomic mass is 9.82. The third-order valence-electron chi connectivity index (χ3n) is 4.74. The van der Waals surface area contributed by atoms with Crippen LogP contribution in [-0.2, 0) is 6.42 Å². The second-order valence-electron chi connectivity index (χ2n) is 6.03. The molecular weight excluding hydrogens is 256 g/mol. The fourth-order valence-corrected chi connectivity index (χ4v) is 3.50. The van der Waals surface area contributed by atoms with Crippen molar-refractivity contribution < 1.29 is 0 Å². The first-order valence-electron chi connectivity index (χ1n) is 8.04. The third kappa shape index (κ3) is 3.33. The number of rotatable bonds is 5. The third-order valence-corrected chi connectivity index (χ3v) is 4.74. The topological polar surface area (TPSA) is 24.9 Å². The van der Waals surface area contributed by atoms with E-state index in [1.54, 1.807) is 0 Å². The highest BCUT2D eigenvalue weighted by Gasteiger charge is 2.21. The molecule has 2 atom stereocenters. The number of para-hydroxylation sites is 1. The van der Waals surface area contributed by atoms with Gasteiger partial charge in [0.15, 0.2) is 0 Å². The second-order valence-corrected chi connectivity index (χ2v) is 6.03. The molecule has 0 bridgehead atoms. The molecule has 3 rings (SSSR count). The molecule has 1 aliphatic rings. The average Bonchev–Trinajstić information content (AvgIpc) is 2.55. The molecule has 0 amide bonds. The van der Waals surface area contributed by atoms with E-state index in [-0.39, 0.29) is 0 Å². The van der Waals surface area contributed by atoms with Gasteiger partial charge in [0, 0.05) is 18.1 Å². The Morgan fingerprint density at radius 1 is 1.29 bits per heavy atom. The Kier molecular flexibility index (Phi) is 4.66. The first kappa shape index (κ1) is 14.3. The van der Waals surface area contributed by atoms with Crippen molar-refractivity contribution in [2.75, 3.05) is 13.1 Å². The number of nitrogens with one attached hydrogen (secondary N) is 1. The van der Waals surface area contributed by atoms with Crippen molar-refractivity contribution in [3.05, 3.63) is 54.7 Å². The molecule has 0 aliphatic carbocycles. The van der Waals surface area contributed by atoms with Crippen LogP contribution in [0.5, 0.6) is 0 Å². The summed E-state index contributed by atoms with van der Waals surface area (Å²) in [7, 11) is 0. The fourth-order valence-electron chi connectivity index (χ4n) is 3.50. The maximum atomic E-state index is 4.44. The van der Waals surface area contributed by atoms with Crippen LogP contribution in [0.2, 0.25) is 0 Å². The molecule has 0 spiro atoms. The average molecular weight is 280 g/mol. The molecular formula is C19H24N2. The van der Waals surface area contributed by atoms with E-state index in [4.69, 9.17) is 0 Å². The van der Waals surface area contributed by atoms with E-state index in [9.17, 15) is 0 Å². The van der Waals surface area contributed by atoms with E-state index in [0.717, 1.165) is 30.9 Å². The van der Waals surface area contributed by atoms with E-state index in [0.29, 0.717) is 5.92 Å². The Morgan fingerprint density at radius 2 is 2.19 bits per heavy atom. The van der Waals surface area contributed by atoms with E-state index < -0.39 is 0 Å². The van der Waals surface area contributed by atoms with Crippen molar-refractivity contribution in [3.63, 3.8) is 0 Å². The Labute approximate surface area is 127 Å². The minimum Gasteiger partial charge on any atom is -0.316 e. The van der Waals surface area contributed by atoms with Gasteiger partial charge < -0.3 is 5.32 Å². The lowest BCUT2D eigenvalue weighted by Crippen LogP contribution is -2.35. The molecule has 1 saturated heterocycles. The van der Waals surface area contributed by atoms with E-state index >= 15 is 0 Å². The Morgan fingerprint density at radius 3 is 3.10 bits per heavy atom. The van der Waals surface area contributed by atoms with Crippen molar-refractivity contribution >= 4 is 10.9 Å². The number of benzene rings is 1. The molecule has 2 nitrogen and oxygen atoms in total. The second kappa shape index (κ2) is 6.86. The zero-order valence-corrected chi connectivity index (χ0v) is 12.6. The van der Waals surface area contributed by atoms with Crippen LogP contribution in [0.1, 0.15) is 24.8 Å². The molecule has 2 heterocycles. The molecule has 2 aromatic rings. The quantitative estimate of drug-likeness (QED) is 0.838. The van der Waals surface area contributed by atoms with Crippen LogP contribution in [-0.4, -0.2) is 18.1 Å².